The van der Waals surface area contributed by atoms with Crippen LogP contribution in [0.1, 0.15) is 16.0 Å². The molecule has 2 heterocycles. The molecule has 1 aliphatic heterocycles. The van der Waals surface area contributed by atoms with E-state index < -0.39 is 5.97 Å². The Morgan fingerprint density at radius 2 is 2.05 bits per heavy atom. The number of hydrogen-bond donors (Lipinski definition) is 0. The van der Waals surface area contributed by atoms with Crippen molar-refractivity contribution < 1.29 is 9.53 Å². The Morgan fingerprint density at radius 3 is 2.70 bits per heavy atom. The van der Waals surface area contributed by atoms with E-state index in [1.54, 1.807) is 30.3 Å². The highest BCUT2D eigenvalue weighted by Gasteiger charge is 2.24. The van der Waals surface area contributed by atoms with Crippen LogP contribution in [0.5, 0.6) is 0 Å². The van der Waals surface area contributed by atoms with E-state index >= 15 is 0 Å². The molecule has 0 amide bonds. The van der Waals surface area contributed by atoms with Crippen molar-refractivity contribution in [3.8, 4) is 6.07 Å². The van der Waals surface area contributed by atoms with Crippen LogP contribution < -0.4 is 0 Å². The average molecular weight is 280 g/mol. The molecule has 0 radical (unpaired) electrons. The van der Waals surface area contributed by atoms with Crippen molar-refractivity contribution in [2.45, 2.75) is 0 Å². The molecule has 0 aliphatic carbocycles. The van der Waals surface area contributed by atoms with E-state index in [9.17, 15) is 4.79 Å². The number of rotatable bonds is 2. The highest BCUT2D eigenvalue weighted by molar-refractivity contribution is 7.12. The van der Waals surface area contributed by atoms with Gasteiger partial charge in [-0.1, -0.05) is 18.2 Å². The van der Waals surface area contributed by atoms with Crippen LogP contribution in [0, 0.1) is 11.3 Å². The molecule has 2 aromatic rings. The number of thiophene rings is 1. The summed E-state index contributed by atoms with van der Waals surface area (Å²) in [6.45, 7) is 0. The first-order chi connectivity index (χ1) is 9.76. The maximum atomic E-state index is 11.8. The lowest BCUT2D eigenvalue weighted by atomic mass is 10.1. The molecule has 1 aliphatic rings. The fraction of sp³-hybridized carbons (Fsp3) is 0. The number of esters is 1. The molecule has 0 N–H and O–H groups in total. The molecular weight excluding hydrogens is 272 g/mol. The van der Waals surface area contributed by atoms with Crippen molar-refractivity contribution in [1.82, 2.24) is 0 Å². The molecule has 1 aromatic heterocycles. The van der Waals surface area contributed by atoms with E-state index in [1.165, 1.54) is 11.3 Å². The van der Waals surface area contributed by atoms with Crippen molar-refractivity contribution in [3.63, 3.8) is 0 Å². The van der Waals surface area contributed by atoms with Crippen molar-refractivity contribution in [1.29, 1.82) is 5.26 Å². The van der Waals surface area contributed by atoms with Gasteiger partial charge in [-0.15, -0.1) is 11.3 Å². The van der Waals surface area contributed by atoms with Crippen LogP contribution in [-0.2, 0) is 9.53 Å². The zero-order chi connectivity index (χ0) is 13.9. The molecule has 20 heavy (non-hydrogen) atoms. The molecule has 3 rings (SSSR count). The lowest BCUT2D eigenvalue weighted by Crippen LogP contribution is -2.03. The monoisotopic (exact) mass is 280 g/mol. The predicted molar refractivity (Wildman–Crippen MR) is 76.1 cm³/mol. The van der Waals surface area contributed by atoms with Crippen LogP contribution in [0.2, 0.25) is 0 Å². The van der Waals surface area contributed by atoms with Gasteiger partial charge in [0.15, 0.2) is 5.70 Å². The topological polar surface area (TPSA) is 62.4 Å². The van der Waals surface area contributed by atoms with Crippen molar-refractivity contribution in [2.24, 2.45) is 4.99 Å². The summed E-state index contributed by atoms with van der Waals surface area (Å²) in [5.41, 5.74) is 1.63. The van der Waals surface area contributed by atoms with Crippen LogP contribution in [-0.4, -0.2) is 11.9 Å². The summed E-state index contributed by atoms with van der Waals surface area (Å²) in [6.07, 6.45) is 1.64. The van der Waals surface area contributed by atoms with Crippen LogP contribution in [0.15, 0.2) is 52.5 Å². The number of carbonyl (C=O) groups is 1. The van der Waals surface area contributed by atoms with Gasteiger partial charge in [0.2, 0.25) is 5.90 Å². The third kappa shape index (κ3) is 2.37. The van der Waals surface area contributed by atoms with Crippen LogP contribution in [0.25, 0.3) is 6.08 Å². The molecule has 0 atom stereocenters. The summed E-state index contributed by atoms with van der Waals surface area (Å²) in [5.74, 6) is -0.123. The second-order valence-electron chi connectivity index (χ2n) is 4.05. The largest absolute Gasteiger partial charge is 0.401 e. The van der Waals surface area contributed by atoms with E-state index in [4.69, 9.17) is 10.00 Å². The molecule has 0 unspecified atom stereocenters. The minimum absolute atomic E-state index is 0.262. The maximum Gasteiger partial charge on any atom is 0.363 e. The lowest BCUT2D eigenvalue weighted by molar-refractivity contribution is -0.129. The summed E-state index contributed by atoms with van der Waals surface area (Å²) in [4.78, 5) is 16.8. The molecule has 0 saturated carbocycles. The van der Waals surface area contributed by atoms with Gasteiger partial charge in [0, 0.05) is 0 Å². The standard InChI is InChI=1S/C15H8N2O2S/c16-9-11-5-3-10(4-6-11)8-12-15(18)19-14(17-12)13-2-1-7-20-13/h1-8H/b12-8-. The van der Waals surface area contributed by atoms with Gasteiger partial charge in [-0.2, -0.15) is 5.26 Å². The first kappa shape index (κ1) is 12.3. The third-order valence-electron chi connectivity index (χ3n) is 2.70. The Labute approximate surface area is 119 Å². The van der Waals surface area contributed by atoms with Crippen LogP contribution in [0.4, 0.5) is 0 Å². The molecule has 0 bridgehead atoms. The Morgan fingerprint density at radius 1 is 1.25 bits per heavy atom. The molecule has 1 aromatic carbocycles. The quantitative estimate of drug-likeness (QED) is 0.627. The van der Waals surface area contributed by atoms with Crippen LogP contribution in [0.3, 0.4) is 0 Å². The van der Waals surface area contributed by atoms with Crippen molar-refractivity contribution >= 4 is 29.3 Å². The van der Waals surface area contributed by atoms with Gasteiger partial charge in [0.1, 0.15) is 0 Å². The van der Waals surface area contributed by atoms with Crippen LogP contribution >= 0.6 is 11.3 Å². The number of nitrogens with zero attached hydrogens (tertiary/aromatic N) is 2. The summed E-state index contributed by atoms with van der Waals surface area (Å²) in [7, 11) is 0. The minimum atomic E-state index is -0.460. The predicted octanol–water partition coefficient (Wildman–Crippen LogP) is 2.96. The maximum absolute atomic E-state index is 11.8. The minimum Gasteiger partial charge on any atom is -0.401 e. The van der Waals surface area contributed by atoms with Gasteiger partial charge >= 0.3 is 5.97 Å². The second kappa shape index (κ2) is 5.11. The number of ether oxygens (including phenoxy) is 1. The van der Waals surface area contributed by atoms with E-state index in [2.05, 4.69) is 4.99 Å². The fourth-order valence-electron chi connectivity index (χ4n) is 1.73. The van der Waals surface area contributed by atoms with E-state index in [0.29, 0.717) is 11.5 Å². The Bertz CT molecular complexity index is 750. The van der Waals surface area contributed by atoms with Gasteiger partial charge in [-0.25, -0.2) is 9.79 Å². The molecule has 0 fully saturated rings. The molecule has 0 spiro atoms. The molecule has 4 nitrogen and oxygen atoms in total. The zero-order valence-corrected chi connectivity index (χ0v) is 11.1. The Kier molecular flexibility index (Phi) is 3.15. The molecule has 96 valence electrons. The lowest BCUT2D eigenvalue weighted by Gasteiger charge is -1.94. The Balaban J connectivity index is 1.91. The van der Waals surface area contributed by atoms with Gasteiger partial charge in [-0.05, 0) is 35.2 Å². The van der Waals surface area contributed by atoms with Gasteiger partial charge in [0.05, 0.1) is 16.5 Å². The van der Waals surface area contributed by atoms with Gasteiger partial charge < -0.3 is 4.74 Å². The molecule has 0 saturated heterocycles. The summed E-state index contributed by atoms with van der Waals surface area (Å²) in [5, 5.41) is 10.6. The number of benzene rings is 1. The summed E-state index contributed by atoms with van der Waals surface area (Å²) < 4.78 is 5.14. The zero-order valence-electron chi connectivity index (χ0n) is 10.2. The first-order valence-electron chi connectivity index (χ1n) is 5.83. The van der Waals surface area contributed by atoms with Gasteiger partial charge in [-0.3, -0.25) is 0 Å². The SMILES string of the molecule is N#Cc1ccc(/C=C2\N=C(c3cccs3)OC2=O)cc1. The van der Waals surface area contributed by atoms with E-state index in [0.717, 1.165) is 10.4 Å². The second-order valence-corrected chi connectivity index (χ2v) is 4.99. The number of cyclic esters (lactones) is 1. The number of hydrogen-bond acceptors (Lipinski definition) is 5. The number of nitriles is 1. The molecular formula is C15H8N2O2S. The smallest absolute Gasteiger partial charge is 0.363 e. The molecule has 5 heteroatoms. The Hall–Kier alpha value is -2.71. The third-order valence-corrected chi connectivity index (χ3v) is 3.55. The first-order valence-corrected chi connectivity index (χ1v) is 6.71. The van der Waals surface area contributed by atoms with Gasteiger partial charge in [0.25, 0.3) is 0 Å². The average Bonchev–Trinajstić information content (AvgIpc) is 3.10. The summed E-state index contributed by atoms with van der Waals surface area (Å²) >= 11 is 1.46. The highest BCUT2D eigenvalue weighted by Crippen LogP contribution is 2.21. The van der Waals surface area contributed by atoms with Crippen molar-refractivity contribution in [3.05, 3.63) is 63.5 Å². The van der Waals surface area contributed by atoms with Crippen molar-refractivity contribution in [2.75, 3.05) is 0 Å². The summed E-state index contributed by atoms with van der Waals surface area (Å²) in [6, 6.07) is 12.7. The van der Waals surface area contributed by atoms with E-state index in [-0.39, 0.29) is 5.70 Å². The fourth-order valence-corrected chi connectivity index (χ4v) is 2.38. The number of carbonyl (C=O) groups excluding carboxylic acids is 1. The number of aliphatic imine (C=N–C) groups is 1. The highest BCUT2D eigenvalue weighted by atomic mass is 32.1. The normalized spacial score (nSPS) is 15.8. The van der Waals surface area contributed by atoms with E-state index in [1.807, 2.05) is 23.6 Å².